The lowest BCUT2D eigenvalue weighted by molar-refractivity contribution is 0.371. The highest BCUT2D eigenvalue weighted by molar-refractivity contribution is 14.0. The van der Waals surface area contributed by atoms with E-state index < -0.39 is 0 Å². The summed E-state index contributed by atoms with van der Waals surface area (Å²) in [6, 6.07) is 7.64. The molecule has 1 aromatic carbocycles. The van der Waals surface area contributed by atoms with E-state index in [9.17, 15) is 0 Å². The smallest absolute Gasteiger partial charge is 0.191 e. The molecule has 0 radical (unpaired) electrons. The van der Waals surface area contributed by atoms with E-state index in [0.29, 0.717) is 18.4 Å². The minimum absolute atomic E-state index is 0. The molecule has 2 aromatic rings. The van der Waals surface area contributed by atoms with Crippen LogP contribution in [0, 0.1) is 0 Å². The summed E-state index contributed by atoms with van der Waals surface area (Å²) in [6.45, 7) is 6.70. The van der Waals surface area contributed by atoms with Crippen LogP contribution in [0.15, 0.2) is 33.8 Å². The van der Waals surface area contributed by atoms with Crippen molar-refractivity contribution < 1.29 is 14.0 Å². The summed E-state index contributed by atoms with van der Waals surface area (Å²) in [5, 5.41) is 10.7. The van der Waals surface area contributed by atoms with Crippen LogP contribution in [-0.2, 0) is 6.54 Å². The molecule has 8 heteroatoms. The molecule has 0 aliphatic rings. The van der Waals surface area contributed by atoms with Crippen LogP contribution in [0.4, 0.5) is 0 Å². The Labute approximate surface area is 177 Å². The van der Waals surface area contributed by atoms with Crippen LogP contribution < -0.4 is 20.1 Å². The van der Waals surface area contributed by atoms with Crippen LogP contribution in [0.1, 0.15) is 49.7 Å². The Morgan fingerprint density at radius 3 is 2.48 bits per heavy atom. The van der Waals surface area contributed by atoms with Gasteiger partial charge in [-0.05, 0) is 31.0 Å². The second-order valence-corrected chi connectivity index (χ2v) is 6.27. The monoisotopic (exact) mass is 488 g/mol. The first-order chi connectivity index (χ1) is 12.5. The van der Waals surface area contributed by atoms with E-state index in [-0.39, 0.29) is 30.0 Å². The van der Waals surface area contributed by atoms with Gasteiger partial charge < -0.3 is 24.6 Å². The number of hydrogen-bond donors (Lipinski definition) is 2. The molecule has 2 rings (SSSR count). The van der Waals surface area contributed by atoms with Gasteiger partial charge >= 0.3 is 0 Å². The van der Waals surface area contributed by atoms with Crippen molar-refractivity contribution in [2.75, 3.05) is 21.3 Å². The summed E-state index contributed by atoms with van der Waals surface area (Å²) in [6.07, 6.45) is 0. The molecule has 1 aromatic heterocycles. The van der Waals surface area contributed by atoms with Gasteiger partial charge in [-0.15, -0.1) is 24.0 Å². The van der Waals surface area contributed by atoms with Gasteiger partial charge in [-0.2, -0.15) is 0 Å². The summed E-state index contributed by atoms with van der Waals surface area (Å²) < 4.78 is 16.1. The van der Waals surface area contributed by atoms with Crippen LogP contribution >= 0.6 is 24.0 Å². The van der Waals surface area contributed by atoms with Crippen molar-refractivity contribution in [1.29, 1.82) is 0 Å². The van der Waals surface area contributed by atoms with Crippen molar-refractivity contribution in [3.05, 3.63) is 41.3 Å². The van der Waals surface area contributed by atoms with Crippen molar-refractivity contribution in [3.63, 3.8) is 0 Å². The van der Waals surface area contributed by atoms with Gasteiger partial charge in [0, 0.05) is 18.7 Å². The van der Waals surface area contributed by atoms with Crippen molar-refractivity contribution in [2.45, 2.75) is 39.3 Å². The van der Waals surface area contributed by atoms with Crippen molar-refractivity contribution in [1.82, 2.24) is 15.8 Å². The van der Waals surface area contributed by atoms with Gasteiger partial charge in [0.2, 0.25) is 0 Å². The number of methoxy groups -OCH3 is 2. The second-order valence-electron chi connectivity index (χ2n) is 6.27. The molecule has 0 aliphatic heterocycles. The molecule has 7 nitrogen and oxygen atoms in total. The van der Waals surface area contributed by atoms with E-state index in [0.717, 1.165) is 28.5 Å². The first-order valence-electron chi connectivity index (χ1n) is 8.63. The predicted molar refractivity (Wildman–Crippen MR) is 117 cm³/mol. The number of nitrogens with zero attached hydrogens (tertiary/aromatic N) is 2. The fraction of sp³-hybridized carbons (Fsp3) is 0.474. The van der Waals surface area contributed by atoms with Crippen LogP contribution in [0.3, 0.4) is 0 Å². The quantitative estimate of drug-likeness (QED) is 0.350. The zero-order valence-electron chi connectivity index (χ0n) is 16.7. The minimum Gasteiger partial charge on any atom is -0.497 e. The summed E-state index contributed by atoms with van der Waals surface area (Å²) >= 11 is 0. The third-order valence-electron chi connectivity index (χ3n) is 4.08. The van der Waals surface area contributed by atoms with Gasteiger partial charge in [-0.1, -0.05) is 19.0 Å². The van der Waals surface area contributed by atoms with Gasteiger partial charge in [-0.25, -0.2) is 0 Å². The van der Waals surface area contributed by atoms with Gasteiger partial charge in [0.15, 0.2) is 11.7 Å². The van der Waals surface area contributed by atoms with E-state index in [1.54, 1.807) is 21.3 Å². The number of ether oxygens (including phenoxy) is 2. The van der Waals surface area contributed by atoms with E-state index in [1.807, 2.05) is 31.2 Å². The Balaban J connectivity index is 0.00000364. The van der Waals surface area contributed by atoms with Crippen LogP contribution in [0.2, 0.25) is 0 Å². The maximum Gasteiger partial charge on any atom is 0.191 e. The third kappa shape index (κ3) is 6.30. The number of benzene rings is 1. The molecule has 0 spiro atoms. The fourth-order valence-electron chi connectivity index (χ4n) is 2.51. The summed E-state index contributed by atoms with van der Waals surface area (Å²) in [4.78, 5) is 4.27. The number of aromatic nitrogens is 1. The molecule has 0 amide bonds. The number of halogens is 1. The molecule has 0 saturated carbocycles. The average Bonchev–Trinajstić information content (AvgIpc) is 3.13. The Morgan fingerprint density at radius 2 is 1.93 bits per heavy atom. The molecule has 0 fully saturated rings. The first kappa shape index (κ1) is 23.1. The third-order valence-corrected chi connectivity index (χ3v) is 4.08. The Hall–Kier alpha value is -1.97. The van der Waals surface area contributed by atoms with E-state index in [1.165, 1.54) is 0 Å². The molecule has 0 saturated heterocycles. The standard InChI is InChI=1S/C19H28N4O3.HI/c1-12(2)17-10-15(26-23-17)11-21-19(20-4)22-13(3)16-9-14(24-5)7-8-18(16)25-6;/h7-10,12-13H,11H2,1-6H3,(H2,20,21,22);1H. The second kappa shape index (κ2) is 11.0. The molecule has 0 aliphatic carbocycles. The first-order valence-corrected chi connectivity index (χ1v) is 8.63. The zero-order chi connectivity index (χ0) is 19.1. The summed E-state index contributed by atoms with van der Waals surface area (Å²) in [5.74, 6) is 3.33. The van der Waals surface area contributed by atoms with Crippen molar-refractivity contribution >= 4 is 29.9 Å². The molecule has 27 heavy (non-hydrogen) atoms. The average molecular weight is 488 g/mol. The van der Waals surface area contributed by atoms with E-state index >= 15 is 0 Å². The molecule has 150 valence electrons. The maximum absolute atomic E-state index is 5.46. The van der Waals surface area contributed by atoms with Gasteiger partial charge in [-0.3, -0.25) is 4.99 Å². The number of rotatable bonds is 7. The molecule has 2 N–H and O–H groups in total. The molecular formula is C19H29IN4O3. The highest BCUT2D eigenvalue weighted by Crippen LogP contribution is 2.29. The van der Waals surface area contributed by atoms with Crippen LogP contribution in [0.5, 0.6) is 11.5 Å². The van der Waals surface area contributed by atoms with E-state index in [2.05, 4.69) is 34.6 Å². The number of hydrogen-bond acceptors (Lipinski definition) is 5. The largest absolute Gasteiger partial charge is 0.497 e. The fourth-order valence-corrected chi connectivity index (χ4v) is 2.51. The number of guanidine groups is 1. The predicted octanol–water partition coefficient (Wildman–Crippen LogP) is 3.86. The van der Waals surface area contributed by atoms with Gasteiger partial charge in [0.25, 0.3) is 0 Å². The Bertz CT molecular complexity index is 746. The van der Waals surface area contributed by atoms with Crippen molar-refractivity contribution in [2.24, 2.45) is 4.99 Å². The van der Waals surface area contributed by atoms with Crippen LogP contribution in [0.25, 0.3) is 0 Å². The number of nitrogens with one attached hydrogen (secondary N) is 2. The maximum atomic E-state index is 5.46. The molecule has 1 unspecified atom stereocenters. The van der Waals surface area contributed by atoms with Crippen molar-refractivity contribution in [3.8, 4) is 11.5 Å². The van der Waals surface area contributed by atoms with Gasteiger partial charge in [0.1, 0.15) is 11.5 Å². The number of aliphatic imine (C=N–C) groups is 1. The lowest BCUT2D eigenvalue weighted by Crippen LogP contribution is -2.38. The zero-order valence-corrected chi connectivity index (χ0v) is 19.0. The lowest BCUT2D eigenvalue weighted by atomic mass is 10.1. The van der Waals surface area contributed by atoms with Gasteiger partial charge in [0.05, 0.1) is 32.5 Å². The minimum atomic E-state index is -0.0350. The molecule has 1 atom stereocenters. The van der Waals surface area contributed by atoms with Crippen LogP contribution in [-0.4, -0.2) is 32.4 Å². The Kier molecular flexibility index (Phi) is 9.40. The highest BCUT2D eigenvalue weighted by atomic mass is 127. The molecular weight excluding hydrogens is 459 g/mol. The lowest BCUT2D eigenvalue weighted by Gasteiger charge is -2.20. The molecule has 0 bridgehead atoms. The van der Waals surface area contributed by atoms with E-state index in [4.69, 9.17) is 14.0 Å². The normalized spacial score (nSPS) is 12.3. The summed E-state index contributed by atoms with van der Waals surface area (Å²) in [7, 11) is 5.03. The SMILES string of the molecule is CN=C(NCc1cc(C(C)C)no1)NC(C)c1cc(OC)ccc1OC.I. The summed E-state index contributed by atoms with van der Waals surface area (Å²) in [5.41, 5.74) is 1.93. The molecule has 1 heterocycles. The highest BCUT2D eigenvalue weighted by Gasteiger charge is 2.15. The topological polar surface area (TPSA) is 80.9 Å². The Morgan fingerprint density at radius 1 is 1.19 bits per heavy atom.